The molecule has 23 heavy (non-hydrogen) atoms. The van der Waals surface area contributed by atoms with Gasteiger partial charge in [0, 0.05) is 12.6 Å². The normalized spacial score (nSPS) is 26.7. The first kappa shape index (κ1) is 16.2. The Labute approximate surface area is 141 Å². The summed E-state index contributed by atoms with van der Waals surface area (Å²) in [6.45, 7) is 4.75. The van der Waals surface area contributed by atoms with Crippen molar-refractivity contribution in [3.8, 4) is 0 Å². The third kappa shape index (κ3) is 2.71. The third-order valence-corrected chi connectivity index (χ3v) is 6.07. The van der Waals surface area contributed by atoms with Gasteiger partial charge in [0.05, 0.1) is 16.9 Å². The number of thiophene rings is 1. The lowest BCUT2D eigenvalue weighted by Gasteiger charge is -2.38. The summed E-state index contributed by atoms with van der Waals surface area (Å²) in [5.41, 5.74) is 0.442. The summed E-state index contributed by atoms with van der Waals surface area (Å²) in [6, 6.07) is 1.91. The van der Waals surface area contributed by atoms with Gasteiger partial charge in [-0.2, -0.15) is 0 Å². The van der Waals surface area contributed by atoms with Gasteiger partial charge in [0.2, 0.25) is 0 Å². The molecule has 1 aliphatic carbocycles. The number of allylic oxidation sites excluding steroid dienone is 1. The summed E-state index contributed by atoms with van der Waals surface area (Å²) in [5.74, 6) is -0.0978. The second kappa shape index (κ2) is 6.48. The molecule has 0 radical (unpaired) electrons. The Morgan fingerprint density at radius 3 is 2.96 bits per heavy atom. The van der Waals surface area contributed by atoms with Crippen molar-refractivity contribution in [1.29, 1.82) is 0 Å². The van der Waals surface area contributed by atoms with Gasteiger partial charge < -0.3 is 9.64 Å². The van der Waals surface area contributed by atoms with Gasteiger partial charge in [-0.05, 0) is 50.1 Å². The minimum atomic E-state index is -0.566. The molecule has 124 valence electrons. The van der Waals surface area contributed by atoms with Crippen molar-refractivity contribution in [3.05, 3.63) is 34.0 Å². The SMILES string of the molecule is CCOC(=O)[C@@]12CC=CCN(C(=O)c3sccc3C)[C@@H]1CCC2. The van der Waals surface area contributed by atoms with Crippen LogP contribution in [0.3, 0.4) is 0 Å². The molecule has 2 heterocycles. The number of hydrogen-bond acceptors (Lipinski definition) is 4. The van der Waals surface area contributed by atoms with E-state index >= 15 is 0 Å². The molecule has 5 heteroatoms. The lowest BCUT2D eigenvalue weighted by molar-refractivity contribution is -0.157. The number of amides is 1. The zero-order valence-corrected chi connectivity index (χ0v) is 14.5. The van der Waals surface area contributed by atoms with Crippen molar-refractivity contribution in [1.82, 2.24) is 4.90 Å². The molecule has 2 atom stereocenters. The molecule has 0 saturated heterocycles. The van der Waals surface area contributed by atoms with E-state index in [4.69, 9.17) is 4.74 Å². The van der Waals surface area contributed by atoms with Crippen LogP contribution in [-0.4, -0.2) is 36.0 Å². The number of carbonyl (C=O) groups is 2. The van der Waals surface area contributed by atoms with Gasteiger partial charge in [0.15, 0.2) is 0 Å². The summed E-state index contributed by atoms with van der Waals surface area (Å²) in [6.07, 6.45) is 7.36. The predicted octanol–water partition coefficient (Wildman–Crippen LogP) is 3.56. The molecule has 2 aliphatic rings. The van der Waals surface area contributed by atoms with E-state index in [9.17, 15) is 9.59 Å². The fourth-order valence-electron chi connectivity index (χ4n) is 3.90. The third-order valence-electron chi connectivity index (χ3n) is 5.06. The average molecular weight is 333 g/mol. The van der Waals surface area contributed by atoms with E-state index in [0.29, 0.717) is 19.6 Å². The van der Waals surface area contributed by atoms with Gasteiger partial charge in [0.25, 0.3) is 5.91 Å². The van der Waals surface area contributed by atoms with E-state index in [1.165, 1.54) is 11.3 Å². The van der Waals surface area contributed by atoms with E-state index in [-0.39, 0.29) is 17.9 Å². The van der Waals surface area contributed by atoms with Crippen LogP contribution in [-0.2, 0) is 9.53 Å². The predicted molar refractivity (Wildman–Crippen MR) is 90.6 cm³/mol. The van der Waals surface area contributed by atoms with Crippen molar-refractivity contribution in [3.63, 3.8) is 0 Å². The molecule has 0 N–H and O–H groups in total. The largest absolute Gasteiger partial charge is 0.465 e. The van der Waals surface area contributed by atoms with Crippen molar-refractivity contribution in [2.75, 3.05) is 13.2 Å². The molecular weight excluding hydrogens is 310 g/mol. The summed E-state index contributed by atoms with van der Waals surface area (Å²) in [7, 11) is 0. The van der Waals surface area contributed by atoms with Crippen LogP contribution in [0.2, 0.25) is 0 Å². The second-order valence-electron chi connectivity index (χ2n) is 6.35. The summed E-state index contributed by atoms with van der Waals surface area (Å²) < 4.78 is 5.38. The number of esters is 1. The topological polar surface area (TPSA) is 46.6 Å². The maximum Gasteiger partial charge on any atom is 0.314 e. The van der Waals surface area contributed by atoms with Gasteiger partial charge >= 0.3 is 5.97 Å². The number of fused-ring (bicyclic) bond motifs is 1. The molecule has 0 unspecified atom stereocenters. The van der Waals surface area contributed by atoms with Crippen LogP contribution in [0.15, 0.2) is 23.6 Å². The smallest absolute Gasteiger partial charge is 0.314 e. The lowest BCUT2D eigenvalue weighted by atomic mass is 9.79. The van der Waals surface area contributed by atoms with Crippen molar-refractivity contribution in [2.45, 2.75) is 45.6 Å². The monoisotopic (exact) mass is 333 g/mol. The number of rotatable bonds is 3. The van der Waals surface area contributed by atoms with E-state index < -0.39 is 5.41 Å². The highest BCUT2D eigenvalue weighted by atomic mass is 32.1. The Hall–Kier alpha value is -1.62. The van der Waals surface area contributed by atoms with Crippen LogP contribution in [0.5, 0.6) is 0 Å². The van der Waals surface area contributed by atoms with Gasteiger partial charge in [0.1, 0.15) is 0 Å². The van der Waals surface area contributed by atoms with E-state index in [1.54, 1.807) is 0 Å². The Balaban J connectivity index is 1.95. The molecule has 3 rings (SSSR count). The summed E-state index contributed by atoms with van der Waals surface area (Å²) in [4.78, 5) is 28.4. The highest BCUT2D eigenvalue weighted by Gasteiger charge is 2.53. The quantitative estimate of drug-likeness (QED) is 0.628. The van der Waals surface area contributed by atoms with Crippen molar-refractivity contribution < 1.29 is 14.3 Å². The number of aryl methyl sites for hydroxylation is 1. The molecule has 1 aromatic heterocycles. The first-order chi connectivity index (χ1) is 11.1. The summed E-state index contributed by atoms with van der Waals surface area (Å²) in [5, 5.41) is 1.95. The molecule has 4 nitrogen and oxygen atoms in total. The Morgan fingerprint density at radius 2 is 2.26 bits per heavy atom. The Bertz CT molecular complexity index is 636. The molecule has 1 aromatic rings. The Kier molecular flexibility index (Phi) is 4.57. The molecule has 1 saturated carbocycles. The number of carbonyl (C=O) groups excluding carboxylic acids is 2. The summed E-state index contributed by atoms with van der Waals surface area (Å²) >= 11 is 1.48. The number of nitrogens with zero attached hydrogens (tertiary/aromatic N) is 1. The molecule has 1 fully saturated rings. The maximum absolute atomic E-state index is 13.1. The molecule has 0 bridgehead atoms. The van der Waals surface area contributed by atoms with Gasteiger partial charge in [-0.1, -0.05) is 18.6 Å². The number of hydrogen-bond donors (Lipinski definition) is 0. The maximum atomic E-state index is 13.1. The van der Waals surface area contributed by atoms with Gasteiger partial charge in [-0.15, -0.1) is 11.3 Å². The van der Waals surface area contributed by atoms with E-state index in [0.717, 1.165) is 29.7 Å². The zero-order valence-electron chi connectivity index (χ0n) is 13.7. The lowest BCUT2D eigenvalue weighted by Crippen LogP contribution is -2.50. The average Bonchev–Trinajstić information content (AvgIpc) is 3.10. The van der Waals surface area contributed by atoms with Crippen molar-refractivity contribution >= 4 is 23.2 Å². The van der Waals surface area contributed by atoms with Crippen LogP contribution in [0.1, 0.15) is 47.8 Å². The Morgan fingerprint density at radius 1 is 1.43 bits per heavy atom. The fourth-order valence-corrected chi connectivity index (χ4v) is 4.78. The van der Waals surface area contributed by atoms with Crippen LogP contribution in [0.25, 0.3) is 0 Å². The van der Waals surface area contributed by atoms with Crippen molar-refractivity contribution in [2.24, 2.45) is 5.41 Å². The van der Waals surface area contributed by atoms with Gasteiger partial charge in [-0.3, -0.25) is 9.59 Å². The molecule has 1 aliphatic heterocycles. The van der Waals surface area contributed by atoms with Gasteiger partial charge in [-0.25, -0.2) is 0 Å². The van der Waals surface area contributed by atoms with E-state index in [1.807, 2.05) is 42.3 Å². The molecular formula is C18H23NO3S. The second-order valence-corrected chi connectivity index (χ2v) is 7.27. The first-order valence-electron chi connectivity index (χ1n) is 8.27. The van der Waals surface area contributed by atoms with Crippen LogP contribution >= 0.6 is 11.3 Å². The molecule has 0 spiro atoms. The van der Waals surface area contributed by atoms with Crippen LogP contribution in [0.4, 0.5) is 0 Å². The molecule has 1 amide bonds. The standard InChI is InChI=1S/C18H23NO3S/c1-3-22-17(21)18-9-4-5-11-19(14(18)7-6-10-18)16(20)15-13(2)8-12-23-15/h4-5,8,12,14H,3,6-7,9-11H2,1-2H3/t14-,18-/m1/s1. The van der Waals surface area contributed by atoms with Crippen LogP contribution < -0.4 is 0 Å². The highest BCUT2D eigenvalue weighted by Crippen LogP contribution is 2.47. The minimum Gasteiger partial charge on any atom is -0.465 e. The highest BCUT2D eigenvalue weighted by molar-refractivity contribution is 7.12. The van der Waals surface area contributed by atoms with Crippen LogP contribution in [0, 0.1) is 12.3 Å². The number of ether oxygens (including phenoxy) is 1. The first-order valence-corrected chi connectivity index (χ1v) is 9.15. The fraction of sp³-hybridized carbons (Fsp3) is 0.556. The van der Waals surface area contributed by atoms with E-state index in [2.05, 4.69) is 0 Å². The zero-order chi connectivity index (χ0) is 16.4. The minimum absolute atomic E-state index is 0.0459. The molecule has 0 aromatic carbocycles.